The Labute approximate surface area is 150 Å². The van der Waals surface area contributed by atoms with E-state index in [0.717, 1.165) is 44.6 Å². The zero-order valence-corrected chi connectivity index (χ0v) is 15.5. The van der Waals surface area contributed by atoms with Gasteiger partial charge in [-0.05, 0) is 56.3 Å². The van der Waals surface area contributed by atoms with Crippen LogP contribution in [0.5, 0.6) is 0 Å². The van der Waals surface area contributed by atoms with Crippen LogP contribution in [-0.2, 0) is 9.84 Å². The van der Waals surface area contributed by atoms with Gasteiger partial charge in [0.25, 0.3) is 5.91 Å². The Bertz CT molecular complexity index is 681. The maximum Gasteiger partial charge on any atom is 0.253 e. The van der Waals surface area contributed by atoms with Gasteiger partial charge in [-0.15, -0.1) is 12.4 Å². The Balaban J connectivity index is 0.00000208. The van der Waals surface area contributed by atoms with Gasteiger partial charge in [-0.1, -0.05) is 6.07 Å². The van der Waals surface area contributed by atoms with Gasteiger partial charge in [-0.2, -0.15) is 0 Å². The number of nitrogens with one attached hydrogen (secondary N) is 1. The van der Waals surface area contributed by atoms with Gasteiger partial charge in [0.15, 0.2) is 9.84 Å². The van der Waals surface area contributed by atoms with Crippen molar-refractivity contribution in [2.75, 3.05) is 25.9 Å². The van der Waals surface area contributed by atoms with Crippen molar-refractivity contribution >= 4 is 28.2 Å². The number of hydrogen-bond donors (Lipinski definition) is 1. The van der Waals surface area contributed by atoms with Gasteiger partial charge in [-0.25, -0.2) is 8.42 Å². The summed E-state index contributed by atoms with van der Waals surface area (Å²) >= 11 is 0. The van der Waals surface area contributed by atoms with Crippen molar-refractivity contribution in [2.45, 2.75) is 36.6 Å². The van der Waals surface area contributed by atoms with Gasteiger partial charge in [0, 0.05) is 31.0 Å². The smallest absolute Gasteiger partial charge is 0.253 e. The van der Waals surface area contributed by atoms with Gasteiger partial charge in [-0.3, -0.25) is 4.79 Å². The number of amides is 1. The third-order valence-electron chi connectivity index (χ3n) is 4.68. The second-order valence-electron chi connectivity index (χ2n) is 6.72. The topological polar surface area (TPSA) is 66.5 Å². The van der Waals surface area contributed by atoms with E-state index >= 15 is 0 Å². The minimum absolute atomic E-state index is 0. The van der Waals surface area contributed by atoms with E-state index in [-0.39, 0.29) is 23.2 Å². The highest BCUT2D eigenvalue weighted by molar-refractivity contribution is 7.90. The van der Waals surface area contributed by atoms with Gasteiger partial charge in [0.05, 0.1) is 4.90 Å². The molecule has 1 N–H and O–H groups in total. The van der Waals surface area contributed by atoms with E-state index in [1.807, 2.05) is 4.90 Å². The van der Waals surface area contributed by atoms with Gasteiger partial charge < -0.3 is 10.2 Å². The van der Waals surface area contributed by atoms with Crippen LogP contribution >= 0.6 is 12.4 Å². The lowest BCUT2D eigenvalue weighted by Crippen LogP contribution is -2.45. The largest absolute Gasteiger partial charge is 0.339 e. The van der Waals surface area contributed by atoms with E-state index in [0.29, 0.717) is 11.6 Å². The Morgan fingerprint density at radius 1 is 1.21 bits per heavy atom. The maximum atomic E-state index is 12.6. The van der Waals surface area contributed by atoms with E-state index in [1.165, 1.54) is 25.0 Å². The third kappa shape index (κ3) is 4.94. The average Bonchev–Trinajstić information content (AvgIpc) is 3.36. The fraction of sp³-hybridized carbons (Fsp3) is 0.588. The van der Waals surface area contributed by atoms with Crippen LogP contribution in [0.3, 0.4) is 0 Å². The molecule has 0 spiro atoms. The molecule has 134 valence electrons. The van der Waals surface area contributed by atoms with Crippen molar-refractivity contribution < 1.29 is 13.2 Å². The molecule has 0 atom stereocenters. The highest BCUT2D eigenvalue weighted by Crippen LogP contribution is 2.28. The zero-order chi connectivity index (χ0) is 16.4. The highest BCUT2D eigenvalue weighted by Gasteiger charge is 2.26. The minimum atomic E-state index is -3.29. The van der Waals surface area contributed by atoms with Crippen molar-refractivity contribution in [1.82, 2.24) is 10.2 Å². The van der Waals surface area contributed by atoms with Crippen molar-refractivity contribution in [2.24, 2.45) is 5.92 Å². The number of benzene rings is 1. The van der Waals surface area contributed by atoms with Crippen LogP contribution in [0.4, 0.5) is 0 Å². The fourth-order valence-corrected chi connectivity index (χ4v) is 3.65. The lowest BCUT2D eigenvalue weighted by molar-refractivity contribution is 0.0704. The molecule has 7 heteroatoms. The molecule has 24 heavy (non-hydrogen) atoms. The predicted octanol–water partition coefficient (Wildman–Crippen LogP) is 2.12. The van der Waals surface area contributed by atoms with Crippen molar-refractivity contribution in [1.29, 1.82) is 0 Å². The second-order valence-corrected chi connectivity index (χ2v) is 8.73. The van der Waals surface area contributed by atoms with Crippen molar-refractivity contribution in [3.63, 3.8) is 0 Å². The summed E-state index contributed by atoms with van der Waals surface area (Å²) in [6, 6.07) is 6.83. The SMILES string of the molecule is CS(=O)(=O)c1cccc(C(=O)N2CCC(NCC3CC3)CC2)c1.Cl. The molecule has 2 fully saturated rings. The molecule has 1 aliphatic heterocycles. The number of carbonyl (C=O) groups excluding carboxylic acids is 1. The fourth-order valence-electron chi connectivity index (χ4n) is 2.98. The summed E-state index contributed by atoms with van der Waals surface area (Å²) < 4.78 is 23.3. The molecule has 2 aliphatic rings. The number of rotatable bonds is 5. The standard InChI is InChI=1S/C17H24N2O3S.ClH/c1-23(21,22)16-4-2-3-14(11-16)17(20)19-9-7-15(8-10-19)18-12-13-5-6-13;/h2-4,11,13,15,18H,5-10,12H2,1H3;1H. The zero-order valence-electron chi connectivity index (χ0n) is 13.9. The monoisotopic (exact) mass is 372 g/mol. The minimum Gasteiger partial charge on any atom is -0.339 e. The number of sulfone groups is 1. The van der Waals surface area contributed by atoms with Crippen LogP contribution in [0.15, 0.2) is 29.2 Å². The molecule has 1 saturated carbocycles. The quantitative estimate of drug-likeness (QED) is 0.859. The Morgan fingerprint density at radius 2 is 1.88 bits per heavy atom. The molecule has 1 amide bonds. The molecular weight excluding hydrogens is 348 g/mol. The first-order valence-corrected chi connectivity index (χ1v) is 10.2. The van der Waals surface area contributed by atoms with Gasteiger partial charge in [0.2, 0.25) is 0 Å². The summed E-state index contributed by atoms with van der Waals surface area (Å²) in [6.45, 7) is 2.56. The molecule has 1 saturated heterocycles. The number of carbonyl (C=O) groups is 1. The molecule has 3 rings (SSSR count). The normalized spacial score (nSPS) is 19.0. The predicted molar refractivity (Wildman–Crippen MR) is 96.5 cm³/mol. The lowest BCUT2D eigenvalue weighted by Gasteiger charge is -2.32. The first-order valence-electron chi connectivity index (χ1n) is 8.26. The van der Waals surface area contributed by atoms with Gasteiger partial charge in [0.1, 0.15) is 0 Å². The van der Waals surface area contributed by atoms with E-state index in [2.05, 4.69) is 5.32 Å². The Hall–Kier alpha value is -1.11. The number of hydrogen-bond acceptors (Lipinski definition) is 4. The summed E-state index contributed by atoms with van der Waals surface area (Å²) in [5.41, 5.74) is 0.456. The van der Waals surface area contributed by atoms with Gasteiger partial charge >= 0.3 is 0 Å². The Kier molecular flexibility index (Phi) is 6.28. The number of halogens is 1. The first-order chi connectivity index (χ1) is 10.9. The lowest BCUT2D eigenvalue weighted by atomic mass is 10.0. The summed E-state index contributed by atoms with van der Waals surface area (Å²) in [5.74, 6) is 0.796. The summed E-state index contributed by atoms with van der Waals surface area (Å²) in [5, 5.41) is 3.59. The summed E-state index contributed by atoms with van der Waals surface area (Å²) in [6.07, 6.45) is 5.78. The van der Waals surface area contributed by atoms with Crippen molar-refractivity contribution in [3.05, 3.63) is 29.8 Å². The average molecular weight is 373 g/mol. The number of piperidine rings is 1. The second kappa shape index (κ2) is 7.85. The summed E-state index contributed by atoms with van der Waals surface area (Å²) in [4.78, 5) is 14.6. The number of likely N-dealkylation sites (tertiary alicyclic amines) is 1. The van der Waals surface area contributed by atoms with E-state index in [1.54, 1.807) is 12.1 Å². The van der Waals surface area contributed by atoms with Crippen LogP contribution in [0, 0.1) is 5.92 Å². The molecular formula is C17H25ClN2O3S. The maximum absolute atomic E-state index is 12.6. The Morgan fingerprint density at radius 3 is 2.46 bits per heavy atom. The molecule has 0 aromatic heterocycles. The molecule has 1 heterocycles. The highest BCUT2D eigenvalue weighted by atomic mass is 35.5. The van der Waals surface area contributed by atoms with Crippen LogP contribution in [0.2, 0.25) is 0 Å². The molecule has 1 aromatic rings. The summed E-state index contributed by atoms with van der Waals surface area (Å²) in [7, 11) is -3.29. The van der Waals surface area contributed by atoms with E-state index < -0.39 is 9.84 Å². The van der Waals surface area contributed by atoms with Crippen LogP contribution in [0.1, 0.15) is 36.0 Å². The van der Waals surface area contributed by atoms with Crippen LogP contribution in [-0.4, -0.2) is 51.2 Å². The first kappa shape index (κ1) is 19.2. The third-order valence-corrected chi connectivity index (χ3v) is 5.79. The van der Waals surface area contributed by atoms with Crippen LogP contribution < -0.4 is 5.32 Å². The molecule has 0 bridgehead atoms. The molecule has 1 aliphatic carbocycles. The molecule has 0 unspecified atom stereocenters. The van der Waals surface area contributed by atoms with Crippen molar-refractivity contribution in [3.8, 4) is 0 Å². The van der Waals surface area contributed by atoms with Crippen LogP contribution in [0.25, 0.3) is 0 Å². The van der Waals surface area contributed by atoms with E-state index in [4.69, 9.17) is 0 Å². The molecule has 1 aromatic carbocycles. The van der Waals surface area contributed by atoms with E-state index in [9.17, 15) is 13.2 Å². The molecule has 5 nitrogen and oxygen atoms in total. The molecule has 0 radical (unpaired) electrons. The number of nitrogens with zero attached hydrogens (tertiary/aromatic N) is 1.